The Morgan fingerprint density at radius 2 is 1.55 bits per heavy atom. The van der Waals surface area contributed by atoms with Crippen LogP contribution in [0, 0.1) is 0 Å². The fraction of sp³-hybridized carbons (Fsp3) is 0.0435. The van der Waals surface area contributed by atoms with Gasteiger partial charge in [0.15, 0.2) is 5.69 Å². The maximum absolute atomic E-state index is 13.0. The first kappa shape index (κ1) is 20.9. The summed E-state index contributed by atoms with van der Waals surface area (Å²) < 4.78 is 45.1. The van der Waals surface area contributed by atoms with Crippen LogP contribution in [-0.2, 0) is 6.18 Å². The minimum atomic E-state index is -4.45. The van der Waals surface area contributed by atoms with E-state index in [0.29, 0.717) is 27.0 Å². The zero-order valence-corrected chi connectivity index (χ0v) is 17.3. The topological polar surface area (TPSA) is 73.8 Å². The van der Waals surface area contributed by atoms with Gasteiger partial charge in [-0.1, -0.05) is 47.1 Å². The summed E-state index contributed by atoms with van der Waals surface area (Å²) in [5, 5.41) is 9.71. The van der Waals surface area contributed by atoms with Crippen molar-refractivity contribution in [1.82, 2.24) is 19.9 Å². The van der Waals surface area contributed by atoms with Crippen molar-refractivity contribution in [1.29, 1.82) is 0 Å². The van der Waals surface area contributed by atoms with Gasteiger partial charge in [0, 0.05) is 16.0 Å². The van der Waals surface area contributed by atoms with Crippen molar-refractivity contribution < 1.29 is 17.7 Å². The molecule has 0 saturated heterocycles. The Labute approximate surface area is 188 Å². The minimum Gasteiger partial charge on any atom is -0.332 e. The second-order valence-corrected chi connectivity index (χ2v) is 7.52. The van der Waals surface area contributed by atoms with Gasteiger partial charge in [0.25, 0.3) is 11.4 Å². The van der Waals surface area contributed by atoms with Gasteiger partial charge in [0.1, 0.15) is 0 Å². The summed E-state index contributed by atoms with van der Waals surface area (Å²) in [6, 6.07) is 17.8. The molecule has 0 aliphatic heterocycles. The number of hydrogen-bond donors (Lipinski definition) is 0. The summed E-state index contributed by atoms with van der Waals surface area (Å²) in [5.41, 5.74) is -0.0464. The molecule has 10 heteroatoms. The highest BCUT2D eigenvalue weighted by Crippen LogP contribution is 2.31. The summed E-state index contributed by atoms with van der Waals surface area (Å²) in [5.74, 6) is 0.109. The lowest BCUT2D eigenvalue weighted by molar-refractivity contribution is -0.137. The van der Waals surface area contributed by atoms with E-state index in [1.54, 1.807) is 48.5 Å². The molecule has 0 aliphatic rings. The van der Waals surface area contributed by atoms with Crippen LogP contribution in [0.2, 0.25) is 5.02 Å². The van der Waals surface area contributed by atoms with E-state index in [1.165, 1.54) is 16.8 Å². The van der Waals surface area contributed by atoms with Gasteiger partial charge in [-0.05, 0) is 42.5 Å². The van der Waals surface area contributed by atoms with E-state index >= 15 is 0 Å². The Morgan fingerprint density at radius 3 is 2.21 bits per heavy atom. The van der Waals surface area contributed by atoms with E-state index in [2.05, 4.69) is 15.2 Å². The normalized spacial score (nSPS) is 11.8. The number of alkyl halides is 3. The van der Waals surface area contributed by atoms with Crippen molar-refractivity contribution in [2.75, 3.05) is 0 Å². The predicted octanol–water partition coefficient (Wildman–Crippen LogP) is 5.77. The van der Waals surface area contributed by atoms with Crippen LogP contribution in [0.25, 0.3) is 39.4 Å². The zero-order valence-electron chi connectivity index (χ0n) is 16.5. The van der Waals surface area contributed by atoms with Crippen LogP contribution >= 0.6 is 11.6 Å². The van der Waals surface area contributed by atoms with Crippen molar-refractivity contribution in [3.05, 3.63) is 93.7 Å². The molecule has 2 aromatic heterocycles. The number of hydrogen-bond acceptors (Lipinski definition) is 5. The van der Waals surface area contributed by atoms with Crippen LogP contribution in [-0.4, -0.2) is 19.9 Å². The summed E-state index contributed by atoms with van der Waals surface area (Å²) in [7, 11) is 0. The minimum absolute atomic E-state index is 0.0174. The van der Waals surface area contributed by atoms with E-state index in [9.17, 15) is 18.0 Å². The van der Waals surface area contributed by atoms with E-state index in [4.69, 9.17) is 16.1 Å². The molecule has 33 heavy (non-hydrogen) atoms. The lowest BCUT2D eigenvalue weighted by atomic mass is 10.1. The van der Waals surface area contributed by atoms with Crippen molar-refractivity contribution in [2.24, 2.45) is 0 Å². The van der Waals surface area contributed by atoms with Gasteiger partial charge in [-0.25, -0.2) is 0 Å². The molecule has 0 fully saturated rings. The number of rotatable bonds is 3. The number of halogens is 4. The van der Waals surface area contributed by atoms with Crippen LogP contribution in [0.3, 0.4) is 0 Å². The first-order valence-corrected chi connectivity index (χ1v) is 9.99. The smallest absolute Gasteiger partial charge is 0.332 e. The fourth-order valence-corrected chi connectivity index (χ4v) is 3.48. The summed E-state index contributed by atoms with van der Waals surface area (Å²) >= 11 is 5.95. The monoisotopic (exact) mass is 468 g/mol. The second kappa shape index (κ2) is 7.86. The molecule has 0 aliphatic carbocycles. The lowest BCUT2D eigenvalue weighted by Gasteiger charge is -2.09. The third-order valence-electron chi connectivity index (χ3n) is 4.98. The maximum Gasteiger partial charge on any atom is 0.416 e. The van der Waals surface area contributed by atoms with Gasteiger partial charge < -0.3 is 4.52 Å². The predicted molar refractivity (Wildman–Crippen MR) is 116 cm³/mol. The van der Waals surface area contributed by atoms with Crippen LogP contribution in [0.4, 0.5) is 13.2 Å². The van der Waals surface area contributed by atoms with Crippen molar-refractivity contribution in [3.8, 4) is 28.7 Å². The van der Waals surface area contributed by atoms with E-state index in [1.807, 2.05) is 0 Å². The molecule has 6 nitrogen and oxygen atoms in total. The van der Waals surface area contributed by atoms with Gasteiger partial charge in [-0.2, -0.15) is 27.9 Å². The van der Waals surface area contributed by atoms with Gasteiger partial charge in [0.05, 0.1) is 16.6 Å². The standard InChI is InChI=1S/C23H12ClF3N4O2/c24-15-9-11-16(12-10-15)31-22(32)18-4-2-1-3-17(18)19(29-31)21-28-20(30-33-21)13-5-7-14(8-6-13)23(25,26)27/h1-12H. The molecule has 3 aromatic carbocycles. The molecule has 0 spiro atoms. The molecule has 2 heterocycles. The summed E-state index contributed by atoms with van der Waals surface area (Å²) in [6.07, 6.45) is -4.45. The van der Waals surface area contributed by atoms with Gasteiger partial charge >= 0.3 is 6.18 Å². The Hall–Kier alpha value is -3.98. The third-order valence-corrected chi connectivity index (χ3v) is 5.23. The molecule has 0 N–H and O–H groups in total. The molecule has 0 bridgehead atoms. The van der Waals surface area contributed by atoms with E-state index < -0.39 is 11.7 Å². The van der Waals surface area contributed by atoms with Crippen molar-refractivity contribution in [3.63, 3.8) is 0 Å². The molecule has 5 aromatic rings. The van der Waals surface area contributed by atoms with Crippen LogP contribution in [0.15, 0.2) is 82.1 Å². The Kier molecular flexibility index (Phi) is 4.98. The number of benzene rings is 3. The van der Waals surface area contributed by atoms with Crippen molar-refractivity contribution in [2.45, 2.75) is 6.18 Å². The second-order valence-electron chi connectivity index (χ2n) is 7.09. The van der Waals surface area contributed by atoms with Crippen LogP contribution < -0.4 is 5.56 Å². The van der Waals surface area contributed by atoms with E-state index in [-0.39, 0.29) is 23.0 Å². The molecule has 0 radical (unpaired) electrons. The Morgan fingerprint density at radius 1 is 0.879 bits per heavy atom. The van der Waals surface area contributed by atoms with Gasteiger partial charge in [0.2, 0.25) is 5.82 Å². The van der Waals surface area contributed by atoms with Crippen molar-refractivity contribution >= 4 is 22.4 Å². The molecule has 164 valence electrons. The van der Waals surface area contributed by atoms with E-state index in [0.717, 1.165) is 12.1 Å². The highest BCUT2D eigenvalue weighted by molar-refractivity contribution is 6.30. The van der Waals surface area contributed by atoms with Gasteiger partial charge in [-0.15, -0.1) is 0 Å². The summed E-state index contributed by atoms with van der Waals surface area (Å²) in [4.78, 5) is 17.4. The van der Waals surface area contributed by atoms with Crippen LogP contribution in [0.1, 0.15) is 5.56 Å². The zero-order chi connectivity index (χ0) is 23.2. The fourth-order valence-electron chi connectivity index (χ4n) is 3.35. The SMILES string of the molecule is O=c1c2ccccc2c(-c2nc(-c3ccc(C(F)(F)F)cc3)no2)nn1-c1ccc(Cl)cc1. The highest BCUT2D eigenvalue weighted by Gasteiger charge is 2.30. The third kappa shape index (κ3) is 3.87. The molecule has 0 atom stereocenters. The molecule has 0 amide bonds. The molecule has 0 saturated carbocycles. The van der Waals surface area contributed by atoms with Crippen LogP contribution in [0.5, 0.6) is 0 Å². The number of nitrogens with zero attached hydrogens (tertiary/aromatic N) is 4. The average molecular weight is 469 g/mol. The first-order valence-electron chi connectivity index (χ1n) is 9.61. The number of aromatic nitrogens is 4. The summed E-state index contributed by atoms with van der Waals surface area (Å²) in [6.45, 7) is 0. The quantitative estimate of drug-likeness (QED) is 0.336. The maximum atomic E-state index is 13.0. The Bertz CT molecular complexity index is 1530. The molecular weight excluding hydrogens is 457 g/mol. The number of fused-ring (bicyclic) bond motifs is 1. The first-order chi connectivity index (χ1) is 15.8. The lowest BCUT2D eigenvalue weighted by Crippen LogP contribution is -2.22. The molecule has 5 rings (SSSR count). The Balaban J connectivity index is 1.63. The average Bonchev–Trinajstić information content (AvgIpc) is 3.30. The van der Waals surface area contributed by atoms with Gasteiger partial charge in [-0.3, -0.25) is 4.79 Å². The highest BCUT2D eigenvalue weighted by atomic mass is 35.5. The molecular formula is C23H12ClF3N4O2. The molecule has 0 unspecified atom stereocenters. The largest absolute Gasteiger partial charge is 0.416 e.